The average Bonchev–Trinajstić information content (AvgIpc) is 2.09. The molecule has 0 heterocycles. The molecule has 0 aromatic heterocycles. The Morgan fingerprint density at radius 3 is 2.92 bits per heavy atom. The number of benzene rings is 1. The molecule has 0 fully saturated rings. The highest BCUT2D eigenvalue weighted by molar-refractivity contribution is 5.45. The monoisotopic (exact) mass is 164 g/mol. The molecule has 0 aliphatic carbocycles. The summed E-state index contributed by atoms with van der Waals surface area (Å²) in [5, 5.41) is 2.88. The first kappa shape index (κ1) is 8.54. The Hall–Kier alpha value is -1.56. The third-order valence-electron chi connectivity index (χ3n) is 1.58. The lowest BCUT2D eigenvalue weighted by Gasteiger charge is -2.00. The number of hydrogen-bond acceptors (Lipinski definition) is 1. The molecule has 0 bridgehead atoms. The first-order valence-corrected chi connectivity index (χ1v) is 3.57. The first-order chi connectivity index (χ1) is 5.77. The van der Waals surface area contributed by atoms with E-state index in [4.69, 9.17) is 6.57 Å². The van der Waals surface area contributed by atoms with Gasteiger partial charge in [-0.1, -0.05) is 0 Å². The van der Waals surface area contributed by atoms with Crippen molar-refractivity contribution in [2.24, 2.45) is 0 Å². The van der Waals surface area contributed by atoms with Gasteiger partial charge in [0, 0.05) is 12.7 Å². The summed E-state index contributed by atoms with van der Waals surface area (Å²) in [6.07, 6.45) is 0. The molecule has 0 atom stereocenters. The molecular formula is C9H9FN2. The molecule has 62 valence electrons. The molecule has 3 heteroatoms. The second-order valence-electron chi connectivity index (χ2n) is 2.37. The van der Waals surface area contributed by atoms with Crippen molar-refractivity contribution in [2.75, 3.05) is 12.4 Å². The van der Waals surface area contributed by atoms with Crippen LogP contribution in [0.1, 0.15) is 5.56 Å². The molecule has 1 rings (SSSR count). The van der Waals surface area contributed by atoms with Gasteiger partial charge in [0.05, 0.1) is 5.56 Å². The third-order valence-corrected chi connectivity index (χ3v) is 1.58. The summed E-state index contributed by atoms with van der Waals surface area (Å²) >= 11 is 0. The van der Waals surface area contributed by atoms with E-state index in [1.165, 1.54) is 6.07 Å². The molecule has 0 unspecified atom stereocenters. The maximum atomic E-state index is 12.9. The summed E-state index contributed by atoms with van der Waals surface area (Å²) in [6, 6.07) is 4.66. The molecule has 0 saturated heterocycles. The van der Waals surface area contributed by atoms with Crippen molar-refractivity contribution < 1.29 is 4.39 Å². The highest BCUT2D eigenvalue weighted by Gasteiger charge is 2.04. The molecule has 1 aromatic rings. The maximum absolute atomic E-state index is 12.9. The molecule has 0 aliphatic rings. The SMILES string of the molecule is [C-]#[N+]Cc1cc(NC)ccc1F. The zero-order chi connectivity index (χ0) is 8.97. The topological polar surface area (TPSA) is 16.4 Å². The van der Waals surface area contributed by atoms with E-state index < -0.39 is 0 Å². The van der Waals surface area contributed by atoms with Crippen LogP contribution in [0.5, 0.6) is 0 Å². The molecule has 12 heavy (non-hydrogen) atoms. The van der Waals surface area contributed by atoms with Gasteiger partial charge in [-0.15, -0.1) is 0 Å². The first-order valence-electron chi connectivity index (χ1n) is 3.57. The minimum Gasteiger partial charge on any atom is -0.388 e. The van der Waals surface area contributed by atoms with Gasteiger partial charge in [-0.05, 0) is 18.2 Å². The van der Waals surface area contributed by atoms with Crippen molar-refractivity contribution in [1.29, 1.82) is 0 Å². The van der Waals surface area contributed by atoms with Crippen LogP contribution >= 0.6 is 0 Å². The third kappa shape index (κ3) is 1.73. The predicted octanol–water partition coefficient (Wildman–Crippen LogP) is 2.29. The number of hydrogen-bond donors (Lipinski definition) is 1. The second-order valence-corrected chi connectivity index (χ2v) is 2.37. The van der Waals surface area contributed by atoms with Gasteiger partial charge in [-0.3, -0.25) is 0 Å². The van der Waals surface area contributed by atoms with E-state index in [2.05, 4.69) is 10.2 Å². The van der Waals surface area contributed by atoms with Crippen LogP contribution in [0.15, 0.2) is 18.2 Å². The quantitative estimate of drug-likeness (QED) is 0.663. The van der Waals surface area contributed by atoms with Crippen LogP contribution in [0.4, 0.5) is 10.1 Å². The van der Waals surface area contributed by atoms with Gasteiger partial charge in [-0.2, -0.15) is 0 Å². The molecule has 2 nitrogen and oxygen atoms in total. The Morgan fingerprint density at radius 2 is 2.33 bits per heavy atom. The van der Waals surface area contributed by atoms with Crippen molar-refractivity contribution >= 4 is 5.69 Å². The van der Waals surface area contributed by atoms with E-state index in [1.54, 1.807) is 19.2 Å². The Balaban J connectivity index is 3.01. The summed E-state index contributed by atoms with van der Waals surface area (Å²) in [5.41, 5.74) is 1.27. The molecule has 0 amide bonds. The lowest BCUT2D eigenvalue weighted by Crippen LogP contribution is -1.92. The van der Waals surface area contributed by atoms with Crippen LogP contribution in [0.3, 0.4) is 0 Å². The van der Waals surface area contributed by atoms with E-state index in [0.29, 0.717) is 5.56 Å². The molecule has 0 saturated carbocycles. The average molecular weight is 164 g/mol. The molecular weight excluding hydrogens is 155 g/mol. The predicted molar refractivity (Wildman–Crippen MR) is 46.3 cm³/mol. The number of halogens is 1. The van der Waals surface area contributed by atoms with Gasteiger partial charge in [0.2, 0.25) is 6.54 Å². The normalized spacial score (nSPS) is 9.08. The van der Waals surface area contributed by atoms with Gasteiger partial charge in [-0.25, -0.2) is 11.0 Å². The van der Waals surface area contributed by atoms with E-state index >= 15 is 0 Å². The fourth-order valence-corrected chi connectivity index (χ4v) is 0.937. The van der Waals surface area contributed by atoms with Crippen LogP contribution < -0.4 is 5.32 Å². The van der Waals surface area contributed by atoms with E-state index in [-0.39, 0.29) is 12.4 Å². The fourth-order valence-electron chi connectivity index (χ4n) is 0.937. The summed E-state index contributed by atoms with van der Waals surface area (Å²) in [7, 11) is 1.76. The summed E-state index contributed by atoms with van der Waals surface area (Å²) in [4.78, 5) is 3.12. The van der Waals surface area contributed by atoms with Gasteiger partial charge >= 0.3 is 0 Å². The maximum Gasteiger partial charge on any atom is 0.242 e. The minimum atomic E-state index is -0.315. The van der Waals surface area contributed by atoms with Crippen molar-refractivity contribution in [1.82, 2.24) is 0 Å². The summed E-state index contributed by atoms with van der Waals surface area (Å²) in [5.74, 6) is -0.315. The largest absolute Gasteiger partial charge is 0.388 e. The molecule has 1 aromatic carbocycles. The van der Waals surface area contributed by atoms with Gasteiger partial charge in [0.15, 0.2) is 0 Å². The van der Waals surface area contributed by atoms with Crippen molar-refractivity contribution in [3.8, 4) is 0 Å². The van der Waals surface area contributed by atoms with Crippen LogP contribution in [-0.4, -0.2) is 7.05 Å². The van der Waals surface area contributed by atoms with Gasteiger partial charge in [0.25, 0.3) is 0 Å². The van der Waals surface area contributed by atoms with Gasteiger partial charge < -0.3 is 10.2 Å². The standard InChI is InChI=1S/C9H9FN2/c1-11-6-7-5-8(12-2)3-4-9(7)10/h3-5,12H,6H2,2H3. The molecule has 1 N–H and O–H groups in total. The van der Waals surface area contributed by atoms with Crippen LogP contribution in [0, 0.1) is 12.4 Å². The highest BCUT2D eigenvalue weighted by Crippen LogP contribution is 2.14. The number of nitrogens with zero attached hydrogens (tertiary/aromatic N) is 1. The fraction of sp³-hybridized carbons (Fsp3) is 0.222. The lowest BCUT2D eigenvalue weighted by atomic mass is 10.2. The van der Waals surface area contributed by atoms with Crippen molar-refractivity contribution in [3.05, 3.63) is 41.0 Å². The smallest absolute Gasteiger partial charge is 0.242 e. The molecule has 0 aliphatic heterocycles. The lowest BCUT2D eigenvalue weighted by molar-refractivity contribution is 0.615. The Labute approximate surface area is 70.8 Å². The number of anilines is 1. The van der Waals surface area contributed by atoms with E-state index in [1.807, 2.05) is 0 Å². The van der Waals surface area contributed by atoms with Crippen LogP contribution in [0.25, 0.3) is 4.85 Å². The highest BCUT2D eigenvalue weighted by atomic mass is 19.1. The zero-order valence-electron chi connectivity index (χ0n) is 6.76. The van der Waals surface area contributed by atoms with Crippen molar-refractivity contribution in [2.45, 2.75) is 6.54 Å². The Kier molecular flexibility index (Phi) is 2.65. The van der Waals surface area contributed by atoms with Gasteiger partial charge in [0.1, 0.15) is 5.82 Å². The Morgan fingerprint density at radius 1 is 1.58 bits per heavy atom. The summed E-state index contributed by atoms with van der Waals surface area (Å²) < 4.78 is 12.9. The number of rotatable bonds is 2. The zero-order valence-corrected chi connectivity index (χ0v) is 6.76. The van der Waals surface area contributed by atoms with E-state index in [0.717, 1.165) is 5.69 Å². The van der Waals surface area contributed by atoms with E-state index in [9.17, 15) is 4.39 Å². The summed E-state index contributed by atoms with van der Waals surface area (Å²) in [6.45, 7) is 6.70. The molecule has 0 spiro atoms. The second kappa shape index (κ2) is 3.72. The minimum absolute atomic E-state index is 0.0986. The number of nitrogens with one attached hydrogen (secondary N) is 1. The Bertz CT molecular complexity index is 315. The van der Waals surface area contributed by atoms with Crippen molar-refractivity contribution in [3.63, 3.8) is 0 Å². The van der Waals surface area contributed by atoms with Crippen LogP contribution in [0.2, 0.25) is 0 Å². The molecule has 0 radical (unpaired) electrons. The van der Waals surface area contributed by atoms with Crippen LogP contribution in [-0.2, 0) is 6.54 Å².